The monoisotopic (exact) mass is 299 g/mol. The van der Waals surface area contributed by atoms with Crippen molar-refractivity contribution in [2.75, 3.05) is 6.61 Å². The number of carbonyl (C=O) groups excluding carboxylic acids is 1. The Morgan fingerprint density at radius 2 is 2.41 bits per heavy atom. The van der Waals surface area contributed by atoms with Crippen molar-refractivity contribution in [2.24, 2.45) is 0 Å². The third kappa shape index (κ3) is 2.38. The highest BCUT2D eigenvalue weighted by atomic mass is 79.9. The molecule has 0 bridgehead atoms. The summed E-state index contributed by atoms with van der Waals surface area (Å²) in [6, 6.07) is 1.68. The summed E-state index contributed by atoms with van der Waals surface area (Å²) in [5.41, 5.74) is 0.499. The summed E-state index contributed by atoms with van der Waals surface area (Å²) < 4.78 is 6.71. The number of aromatic nitrogens is 3. The van der Waals surface area contributed by atoms with Gasteiger partial charge in [0.2, 0.25) is 0 Å². The van der Waals surface area contributed by atoms with E-state index in [4.69, 9.17) is 4.74 Å². The fourth-order valence-electron chi connectivity index (χ4n) is 1.46. The lowest BCUT2D eigenvalue weighted by Crippen LogP contribution is -2.22. The molecule has 0 aliphatic heterocycles. The summed E-state index contributed by atoms with van der Waals surface area (Å²) in [4.78, 5) is 27.3. The second-order valence-electron chi connectivity index (χ2n) is 3.37. The van der Waals surface area contributed by atoms with Crippen LogP contribution in [0.25, 0.3) is 5.65 Å². The fourth-order valence-corrected chi connectivity index (χ4v) is 1.84. The van der Waals surface area contributed by atoms with Gasteiger partial charge < -0.3 is 4.74 Å². The predicted molar refractivity (Wildman–Crippen MR) is 63.8 cm³/mol. The number of H-pyrrole nitrogens is 1. The highest BCUT2D eigenvalue weighted by molar-refractivity contribution is 9.10. The van der Waals surface area contributed by atoms with Gasteiger partial charge in [0.05, 0.1) is 13.0 Å². The van der Waals surface area contributed by atoms with Crippen molar-refractivity contribution in [3.05, 3.63) is 32.8 Å². The van der Waals surface area contributed by atoms with Crippen LogP contribution in [-0.4, -0.2) is 27.2 Å². The van der Waals surface area contributed by atoms with Crippen molar-refractivity contribution in [2.45, 2.75) is 13.3 Å². The van der Waals surface area contributed by atoms with Gasteiger partial charge in [-0.05, 0) is 22.9 Å². The van der Waals surface area contributed by atoms with E-state index >= 15 is 0 Å². The third-order valence-electron chi connectivity index (χ3n) is 2.17. The third-order valence-corrected chi connectivity index (χ3v) is 2.58. The summed E-state index contributed by atoms with van der Waals surface area (Å²) in [7, 11) is 0. The number of hydrogen-bond acceptors (Lipinski definition) is 4. The summed E-state index contributed by atoms with van der Waals surface area (Å²) in [5, 5.41) is 2.78. The smallest absolute Gasteiger partial charge is 0.310 e. The maximum atomic E-state index is 11.9. The Morgan fingerprint density at radius 1 is 1.65 bits per heavy atom. The van der Waals surface area contributed by atoms with E-state index in [9.17, 15) is 9.59 Å². The van der Waals surface area contributed by atoms with E-state index in [0.717, 1.165) is 0 Å². The zero-order valence-corrected chi connectivity index (χ0v) is 10.7. The van der Waals surface area contributed by atoms with E-state index in [0.29, 0.717) is 22.4 Å². The van der Waals surface area contributed by atoms with Gasteiger partial charge in [0.1, 0.15) is 4.60 Å². The second kappa shape index (κ2) is 4.70. The molecule has 7 heteroatoms. The first-order valence-corrected chi connectivity index (χ1v) is 5.82. The van der Waals surface area contributed by atoms with Crippen LogP contribution < -0.4 is 5.56 Å². The molecule has 0 atom stereocenters. The van der Waals surface area contributed by atoms with Crippen LogP contribution in [0.2, 0.25) is 0 Å². The Kier molecular flexibility index (Phi) is 3.28. The molecular weight excluding hydrogens is 290 g/mol. The maximum absolute atomic E-state index is 11.9. The van der Waals surface area contributed by atoms with E-state index in [1.54, 1.807) is 13.0 Å². The molecule has 90 valence electrons. The minimum absolute atomic E-state index is 0.0702. The van der Waals surface area contributed by atoms with Crippen LogP contribution in [0.5, 0.6) is 0 Å². The van der Waals surface area contributed by atoms with Gasteiger partial charge in [0.25, 0.3) is 5.56 Å². The molecule has 0 saturated carbocycles. The van der Waals surface area contributed by atoms with Crippen molar-refractivity contribution in [3.63, 3.8) is 0 Å². The molecule has 6 nitrogen and oxygen atoms in total. The van der Waals surface area contributed by atoms with Crippen molar-refractivity contribution in [1.29, 1.82) is 0 Å². The van der Waals surface area contributed by atoms with Crippen LogP contribution in [0, 0.1) is 0 Å². The van der Waals surface area contributed by atoms with Crippen LogP contribution in [0.1, 0.15) is 12.5 Å². The van der Waals surface area contributed by atoms with E-state index in [1.807, 2.05) is 0 Å². The topological polar surface area (TPSA) is 76.5 Å². The molecule has 0 unspecified atom stereocenters. The number of aromatic amines is 1. The highest BCUT2D eigenvalue weighted by Gasteiger charge is 2.11. The summed E-state index contributed by atoms with van der Waals surface area (Å²) >= 11 is 3.21. The number of carbonyl (C=O) groups is 1. The summed E-state index contributed by atoms with van der Waals surface area (Å²) in [6.07, 6.45) is 1.33. The first kappa shape index (κ1) is 11.8. The molecule has 0 saturated heterocycles. The van der Waals surface area contributed by atoms with E-state index in [1.165, 1.54) is 10.7 Å². The highest BCUT2D eigenvalue weighted by Crippen LogP contribution is 2.08. The molecule has 0 spiro atoms. The molecule has 0 aliphatic rings. The molecule has 0 radical (unpaired) electrons. The molecular formula is C10H10BrN3O3. The SMILES string of the molecule is CCOC(=O)Cc1cnc2cc(Br)[nH]n2c1=O. The summed E-state index contributed by atoms with van der Waals surface area (Å²) in [6.45, 7) is 2.01. The molecule has 1 N–H and O–H groups in total. The quantitative estimate of drug-likeness (QED) is 0.854. The van der Waals surface area contributed by atoms with Crippen molar-refractivity contribution < 1.29 is 9.53 Å². The molecule has 2 aromatic heterocycles. The number of fused-ring (bicyclic) bond motifs is 1. The predicted octanol–water partition coefficient (Wildman–Crippen LogP) is 0.891. The number of hydrogen-bond donors (Lipinski definition) is 1. The van der Waals surface area contributed by atoms with E-state index in [-0.39, 0.29) is 12.0 Å². The van der Waals surface area contributed by atoms with Crippen LogP contribution in [0.15, 0.2) is 21.7 Å². The number of halogens is 1. The van der Waals surface area contributed by atoms with Gasteiger partial charge in [-0.3, -0.25) is 14.7 Å². The van der Waals surface area contributed by atoms with Gasteiger partial charge in [-0.25, -0.2) is 9.50 Å². The normalized spacial score (nSPS) is 10.7. The number of rotatable bonds is 3. The van der Waals surface area contributed by atoms with Crippen LogP contribution in [-0.2, 0) is 16.0 Å². The molecule has 0 fully saturated rings. The summed E-state index contributed by atoms with van der Waals surface area (Å²) in [5.74, 6) is -0.433. The van der Waals surface area contributed by atoms with Gasteiger partial charge in [-0.2, -0.15) is 0 Å². The molecule has 0 aliphatic carbocycles. The van der Waals surface area contributed by atoms with E-state index < -0.39 is 5.97 Å². The van der Waals surface area contributed by atoms with Crippen molar-refractivity contribution in [3.8, 4) is 0 Å². The minimum Gasteiger partial charge on any atom is -0.466 e. The first-order valence-electron chi connectivity index (χ1n) is 5.02. The largest absolute Gasteiger partial charge is 0.466 e. The average molecular weight is 300 g/mol. The molecule has 2 heterocycles. The van der Waals surface area contributed by atoms with Gasteiger partial charge in [-0.15, -0.1) is 0 Å². The lowest BCUT2D eigenvalue weighted by Gasteiger charge is -2.01. The van der Waals surface area contributed by atoms with Crippen LogP contribution >= 0.6 is 15.9 Å². The zero-order valence-electron chi connectivity index (χ0n) is 9.07. The average Bonchev–Trinajstić information content (AvgIpc) is 2.64. The molecule has 17 heavy (non-hydrogen) atoms. The Balaban J connectivity index is 2.39. The van der Waals surface area contributed by atoms with Crippen molar-refractivity contribution >= 4 is 27.5 Å². The molecule has 2 aromatic rings. The van der Waals surface area contributed by atoms with Crippen LogP contribution in [0.3, 0.4) is 0 Å². The lowest BCUT2D eigenvalue weighted by molar-refractivity contribution is -0.142. The Morgan fingerprint density at radius 3 is 3.12 bits per heavy atom. The molecule has 0 aromatic carbocycles. The maximum Gasteiger partial charge on any atom is 0.310 e. The molecule has 0 amide bonds. The minimum atomic E-state index is -0.433. The van der Waals surface area contributed by atoms with Gasteiger partial charge in [0.15, 0.2) is 5.65 Å². The van der Waals surface area contributed by atoms with Crippen molar-refractivity contribution in [1.82, 2.24) is 14.6 Å². The Bertz CT molecular complexity index is 617. The van der Waals surface area contributed by atoms with Gasteiger partial charge in [0, 0.05) is 17.8 Å². The lowest BCUT2D eigenvalue weighted by atomic mass is 10.2. The molecule has 2 rings (SSSR count). The second-order valence-corrected chi connectivity index (χ2v) is 4.22. The van der Waals surface area contributed by atoms with Gasteiger partial charge in [-0.1, -0.05) is 0 Å². The fraction of sp³-hybridized carbons (Fsp3) is 0.300. The number of nitrogens with one attached hydrogen (secondary N) is 1. The van der Waals surface area contributed by atoms with E-state index in [2.05, 4.69) is 26.0 Å². The Hall–Kier alpha value is -1.63. The van der Waals surface area contributed by atoms with Crippen LogP contribution in [0.4, 0.5) is 0 Å². The van der Waals surface area contributed by atoms with Gasteiger partial charge >= 0.3 is 5.97 Å². The number of nitrogens with zero attached hydrogens (tertiary/aromatic N) is 2. The number of esters is 1. The first-order chi connectivity index (χ1) is 8.11. The number of ether oxygens (including phenoxy) is 1. The Labute approximate surface area is 105 Å². The standard InChI is InChI=1S/C10H10BrN3O3/c1-2-17-9(15)3-6-5-12-8-4-7(11)13-14(8)10(6)16/h4-5,13H,2-3H2,1H3. The zero-order chi connectivity index (χ0) is 12.4.